The van der Waals surface area contributed by atoms with E-state index in [0.29, 0.717) is 22.9 Å². The van der Waals surface area contributed by atoms with Crippen molar-refractivity contribution in [3.05, 3.63) is 48.5 Å². The molecule has 6 heteroatoms. The van der Waals surface area contributed by atoms with E-state index in [1.54, 1.807) is 42.5 Å². The topological polar surface area (TPSA) is 76.7 Å². The number of rotatable bonds is 2. The number of amides is 2. The minimum Gasteiger partial charge on any atom is -0.490 e. The third-order valence-electron chi connectivity index (χ3n) is 3.63. The van der Waals surface area contributed by atoms with Crippen molar-refractivity contribution >= 4 is 23.4 Å². The molecular weight excluding hydrogens is 308 g/mol. The van der Waals surface area contributed by atoms with E-state index in [1.807, 2.05) is 19.9 Å². The predicted molar refractivity (Wildman–Crippen MR) is 90.4 cm³/mol. The van der Waals surface area contributed by atoms with Gasteiger partial charge in [-0.05, 0) is 44.2 Å². The highest BCUT2D eigenvalue weighted by Crippen LogP contribution is 2.34. The van der Waals surface area contributed by atoms with E-state index in [0.717, 1.165) is 0 Å². The van der Waals surface area contributed by atoms with Crippen LogP contribution in [0.5, 0.6) is 11.5 Å². The summed E-state index contributed by atoms with van der Waals surface area (Å²) in [7, 11) is 0. The van der Waals surface area contributed by atoms with E-state index in [-0.39, 0.29) is 12.5 Å². The number of benzene rings is 2. The standard InChI is InChI=1S/C18H18N2O4/c1-18(2)11-23-15-9-8-12(10-14(15)20-16(18)21)19-17(22)24-13-6-4-3-5-7-13/h3-10H,11H2,1-2H3,(H,19,22)(H,20,21). The Bertz CT molecular complexity index is 772. The van der Waals surface area contributed by atoms with Crippen molar-refractivity contribution in [1.29, 1.82) is 0 Å². The maximum atomic E-state index is 12.2. The summed E-state index contributed by atoms with van der Waals surface area (Å²) >= 11 is 0. The van der Waals surface area contributed by atoms with Gasteiger partial charge >= 0.3 is 6.09 Å². The monoisotopic (exact) mass is 326 g/mol. The van der Waals surface area contributed by atoms with Crippen molar-refractivity contribution in [3.63, 3.8) is 0 Å². The van der Waals surface area contributed by atoms with Crippen LogP contribution in [-0.4, -0.2) is 18.6 Å². The largest absolute Gasteiger partial charge is 0.490 e. The average molecular weight is 326 g/mol. The minimum absolute atomic E-state index is 0.134. The van der Waals surface area contributed by atoms with Crippen LogP contribution in [0.2, 0.25) is 0 Å². The van der Waals surface area contributed by atoms with Crippen molar-refractivity contribution in [2.45, 2.75) is 13.8 Å². The van der Waals surface area contributed by atoms with Gasteiger partial charge in [-0.25, -0.2) is 4.79 Å². The Balaban J connectivity index is 1.73. The third-order valence-corrected chi connectivity index (χ3v) is 3.63. The fourth-order valence-corrected chi connectivity index (χ4v) is 2.19. The second-order valence-corrected chi connectivity index (χ2v) is 6.17. The molecule has 0 saturated carbocycles. The van der Waals surface area contributed by atoms with Gasteiger partial charge in [0.2, 0.25) is 5.91 Å². The molecule has 2 aromatic rings. The van der Waals surface area contributed by atoms with Gasteiger partial charge in [0.25, 0.3) is 0 Å². The van der Waals surface area contributed by atoms with E-state index in [1.165, 1.54) is 0 Å². The number of hydrogen-bond acceptors (Lipinski definition) is 4. The Morgan fingerprint density at radius 3 is 2.71 bits per heavy atom. The van der Waals surface area contributed by atoms with Crippen LogP contribution in [0.25, 0.3) is 0 Å². The fourth-order valence-electron chi connectivity index (χ4n) is 2.19. The van der Waals surface area contributed by atoms with Gasteiger partial charge in [0, 0.05) is 5.69 Å². The lowest BCUT2D eigenvalue weighted by Crippen LogP contribution is -2.33. The summed E-state index contributed by atoms with van der Waals surface area (Å²) in [5.74, 6) is 0.879. The van der Waals surface area contributed by atoms with Crippen molar-refractivity contribution in [2.75, 3.05) is 17.2 Å². The lowest BCUT2D eigenvalue weighted by atomic mass is 9.94. The van der Waals surface area contributed by atoms with E-state index in [9.17, 15) is 9.59 Å². The first-order valence-corrected chi connectivity index (χ1v) is 7.56. The zero-order chi connectivity index (χ0) is 17.2. The Hall–Kier alpha value is -3.02. The highest BCUT2D eigenvalue weighted by molar-refractivity contribution is 5.98. The van der Waals surface area contributed by atoms with Crippen LogP contribution in [0.3, 0.4) is 0 Å². The molecule has 1 aliphatic heterocycles. The SMILES string of the molecule is CC1(C)COc2ccc(NC(=O)Oc3ccccc3)cc2NC1=O. The molecule has 1 heterocycles. The molecule has 0 fully saturated rings. The van der Waals surface area contributed by atoms with Crippen LogP contribution < -0.4 is 20.1 Å². The minimum atomic E-state index is -0.626. The first-order valence-electron chi connectivity index (χ1n) is 7.56. The summed E-state index contributed by atoms with van der Waals surface area (Å²) in [6.07, 6.45) is -0.609. The molecular formula is C18H18N2O4. The van der Waals surface area contributed by atoms with Gasteiger partial charge < -0.3 is 14.8 Å². The van der Waals surface area contributed by atoms with Gasteiger partial charge in [0.15, 0.2) is 0 Å². The zero-order valence-corrected chi connectivity index (χ0v) is 13.5. The molecule has 0 spiro atoms. The molecule has 0 aromatic heterocycles. The summed E-state index contributed by atoms with van der Waals surface area (Å²) < 4.78 is 10.8. The van der Waals surface area contributed by atoms with E-state index >= 15 is 0 Å². The van der Waals surface area contributed by atoms with Crippen LogP contribution in [-0.2, 0) is 4.79 Å². The third kappa shape index (κ3) is 3.48. The summed E-state index contributed by atoms with van der Waals surface area (Å²) in [6, 6.07) is 13.8. The number of anilines is 2. The van der Waals surface area contributed by atoms with Gasteiger partial charge in [-0.2, -0.15) is 0 Å². The molecule has 0 unspecified atom stereocenters. The molecule has 0 saturated heterocycles. The van der Waals surface area contributed by atoms with Crippen LogP contribution in [0.4, 0.5) is 16.2 Å². The van der Waals surface area contributed by atoms with E-state index in [4.69, 9.17) is 9.47 Å². The molecule has 6 nitrogen and oxygen atoms in total. The molecule has 0 atom stereocenters. The molecule has 124 valence electrons. The average Bonchev–Trinajstić information content (AvgIpc) is 2.65. The second kappa shape index (κ2) is 6.23. The number of carbonyl (C=O) groups is 2. The highest BCUT2D eigenvalue weighted by atomic mass is 16.6. The van der Waals surface area contributed by atoms with Crippen LogP contribution in [0.15, 0.2) is 48.5 Å². The van der Waals surface area contributed by atoms with Gasteiger partial charge in [0.1, 0.15) is 18.1 Å². The number of nitrogens with one attached hydrogen (secondary N) is 2. The van der Waals surface area contributed by atoms with E-state index in [2.05, 4.69) is 10.6 Å². The predicted octanol–water partition coefficient (Wildman–Crippen LogP) is 3.65. The Morgan fingerprint density at radius 2 is 1.96 bits per heavy atom. The van der Waals surface area contributed by atoms with Crippen molar-refractivity contribution in [3.8, 4) is 11.5 Å². The van der Waals surface area contributed by atoms with Crippen molar-refractivity contribution in [2.24, 2.45) is 5.41 Å². The quantitative estimate of drug-likeness (QED) is 0.883. The molecule has 3 rings (SSSR count). The summed E-state index contributed by atoms with van der Waals surface area (Å²) in [4.78, 5) is 24.1. The lowest BCUT2D eigenvalue weighted by Gasteiger charge is -2.18. The Morgan fingerprint density at radius 1 is 1.21 bits per heavy atom. The normalized spacial score (nSPS) is 15.3. The summed E-state index contributed by atoms with van der Waals surface area (Å²) in [6.45, 7) is 3.91. The fraction of sp³-hybridized carbons (Fsp3) is 0.222. The summed E-state index contributed by atoms with van der Waals surface area (Å²) in [5, 5.41) is 5.45. The van der Waals surface area contributed by atoms with Crippen LogP contribution in [0.1, 0.15) is 13.8 Å². The molecule has 1 aliphatic rings. The van der Waals surface area contributed by atoms with Gasteiger partial charge in [-0.1, -0.05) is 18.2 Å². The molecule has 2 N–H and O–H groups in total. The van der Waals surface area contributed by atoms with Crippen LogP contribution in [0, 0.1) is 5.41 Å². The van der Waals surface area contributed by atoms with E-state index < -0.39 is 11.5 Å². The number of fused-ring (bicyclic) bond motifs is 1. The smallest absolute Gasteiger partial charge is 0.417 e. The zero-order valence-electron chi connectivity index (χ0n) is 13.5. The van der Waals surface area contributed by atoms with Gasteiger partial charge in [-0.3, -0.25) is 10.1 Å². The molecule has 0 radical (unpaired) electrons. The summed E-state index contributed by atoms with van der Waals surface area (Å²) in [5.41, 5.74) is 0.389. The van der Waals surface area contributed by atoms with Crippen molar-refractivity contribution in [1.82, 2.24) is 0 Å². The molecule has 0 bridgehead atoms. The highest BCUT2D eigenvalue weighted by Gasteiger charge is 2.32. The second-order valence-electron chi connectivity index (χ2n) is 6.17. The lowest BCUT2D eigenvalue weighted by molar-refractivity contribution is -0.124. The Labute approximate surface area is 139 Å². The number of hydrogen-bond donors (Lipinski definition) is 2. The number of carbonyl (C=O) groups excluding carboxylic acids is 2. The van der Waals surface area contributed by atoms with Crippen LogP contribution >= 0.6 is 0 Å². The van der Waals surface area contributed by atoms with Gasteiger partial charge in [-0.15, -0.1) is 0 Å². The molecule has 0 aliphatic carbocycles. The number of para-hydroxylation sites is 1. The van der Waals surface area contributed by atoms with Gasteiger partial charge in [0.05, 0.1) is 11.1 Å². The first kappa shape index (κ1) is 15.9. The maximum Gasteiger partial charge on any atom is 0.417 e. The molecule has 24 heavy (non-hydrogen) atoms. The Kier molecular flexibility index (Phi) is 4.12. The number of ether oxygens (including phenoxy) is 2. The maximum absolute atomic E-state index is 12.2. The first-order chi connectivity index (χ1) is 11.4. The molecule has 2 amide bonds. The van der Waals surface area contributed by atoms with Crippen molar-refractivity contribution < 1.29 is 19.1 Å². The molecule has 2 aromatic carbocycles.